The third-order valence-electron chi connectivity index (χ3n) is 3.04. The Morgan fingerprint density at radius 3 is 2.40 bits per heavy atom. The number of halogens is 1. The first-order valence-electron chi connectivity index (χ1n) is 4.89. The minimum atomic E-state index is -0.285. The highest BCUT2D eigenvalue weighted by molar-refractivity contribution is 6.30. The second kappa shape index (κ2) is 4.10. The summed E-state index contributed by atoms with van der Waals surface area (Å²) in [6.07, 6.45) is 0. The second-order valence-corrected chi connectivity index (χ2v) is 4.38. The number of ether oxygens (including phenoxy) is 1. The lowest BCUT2D eigenvalue weighted by molar-refractivity contribution is -0.0798. The zero-order valence-corrected chi connectivity index (χ0v) is 9.07. The summed E-state index contributed by atoms with van der Waals surface area (Å²) in [5, 5.41) is 9.85. The van der Waals surface area contributed by atoms with Gasteiger partial charge in [-0.05, 0) is 17.7 Å². The maximum Gasteiger partial charge on any atom is 0.0601 e. The van der Waals surface area contributed by atoms with Crippen LogP contribution < -0.4 is 5.73 Å². The van der Waals surface area contributed by atoms with Gasteiger partial charge in [-0.1, -0.05) is 23.7 Å². The monoisotopic (exact) mass is 227 g/mol. The van der Waals surface area contributed by atoms with E-state index >= 15 is 0 Å². The molecular formula is C11H14ClNO2. The minimum Gasteiger partial charge on any atom is -0.395 e. The standard InChI is InChI=1S/C11H14ClNO2/c12-9-3-1-8(2-4-9)11(6-15-7-11)10(13)5-14/h1-4,10,14H,5-7,13H2. The zero-order chi connectivity index (χ0) is 10.9. The average molecular weight is 228 g/mol. The molecule has 0 spiro atoms. The smallest absolute Gasteiger partial charge is 0.0601 e. The molecule has 0 bridgehead atoms. The molecule has 0 aliphatic carbocycles. The maximum atomic E-state index is 9.14. The highest BCUT2D eigenvalue weighted by Gasteiger charge is 2.45. The molecule has 0 amide bonds. The number of hydrogen-bond acceptors (Lipinski definition) is 3. The van der Waals surface area contributed by atoms with E-state index in [-0.39, 0.29) is 18.1 Å². The normalized spacial score (nSPS) is 20.7. The molecule has 1 aliphatic rings. The molecule has 4 heteroatoms. The summed E-state index contributed by atoms with van der Waals surface area (Å²) in [6.45, 7) is 1.10. The van der Waals surface area contributed by atoms with E-state index < -0.39 is 0 Å². The van der Waals surface area contributed by atoms with Gasteiger partial charge in [0, 0.05) is 11.1 Å². The molecule has 82 valence electrons. The maximum absolute atomic E-state index is 9.14. The van der Waals surface area contributed by atoms with Crippen LogP contribution in [-0.2, 0) is 10.2 Å². The van der Waals surface area contributed by atoms with Crippen LogP contribution in [0.3, 0.4) is 0 Å². The summed E-state index contributed by atoms with van der Waals surface area (Å²) < 4.78 is 5.22. The Hall–Kier alpha value is -0.610. The summed E-state index contributed by atoms with van der Waals surface area (Å²) >= 11 is 5.82. The molecule has 1 aromatic carbocycles. The van der Waals surface area contributed by atoms with Gasteiger partial charge in [0.25, 0.3) is 0 Å². The number of aliphatic hydroxyl groups is 1. The quantitative estimate of drug-likeness (QED) is 0.808. The third kappa shape index (κ3) is 1.76. The summed E-state index contributed by atoms with van der Waals surface area (Å²) in [7, 11) is 0. The second-order valence-electron chi connectivity index (χ2n) is 3.94. The van der Waals surface area contributed by atoms with Crippen LogP contribution in [0.2, 0.25) is 5.02 Å². The Labute approximate surface area is 93.8 Å². The SMILES string of the molecule is NC(CO)C1(c2ccc(Cl)cc2)COC1. The van der Waals surface area contributed by atoms with Crippen molar-refractivity contribution in [3.05, 3.63) is 34.9 Å². The fourth-order valence-corrected chi connectivity index (χ4v) is 2.00. The lowest BCUT2D eigenvalue weighted by Crippen LogP contribution is -2.60. The number of nitrogens with two attached hydrogens (primary N) is 1. The van der Waals surface area contributed by atoms with Gasteiger partial charge in [0.05, 0.1) is 25.2 Å². The van der Waals surface area contributed by atoms with Gasteiger partial charge in [-0.3, -0.25) is 0 Å². The lowest BCUT2D eigenvalue weighted by Gasteiger charge is -2.45. The van der Waals surface area contributed by atoms with Gasteiger partial charge in [0.15, 0.2) is 0 Å². The van der Waals surface area contributed by atoms with Crippen molar-refractivity contribution in [1.82, 2.24) is 0 Å². The first kappa shape index (κ1) is 10.9. The first-order valence-corrected chi connectivity index (χ1v) is 5.27. The Balaban J connectivity index is 2.30. The molecule has 0 saturated carbocycles. The van der Waals surface area contributed by atoms with Crippen LogP contribution in [0.4, 0.5) is 0 Å². The average Bonchev–Trinajstić information content (AvgIpc) is 2.19. The zero-order valence-electron chi connectivity index (χ0n) is 8.32. The van der Waals surface area contributed by atoms with Crippen molar-refractivity contribution < 1.29 is 9.84 Å². The van der Waals surface area contributed by atoms with E-state index in [0.717, 1.165) is 5.56 Å². The van der Waals surface area contributed by atoms with Crippen LogP contribution in [0, 0.1) is 0 Å². The molecule has 1 atom stereocenters. The van der Waals surface area contributed by atoms with E-state index in [4.69, 9.17) is 27.2 Å². The molecule has 1 aliphatic heterocycles. The van der Waals surface area contributed by atoms with Gasteiger partial charge in [0.2, 0.25) is 0 Å². The number of benzene rings is 1. The summed E-state index contributed by atoms with van der Waals surface area (Å²) in [4.78, 5) is 0. The van der Waals surface area contributed by atoms with E-state index in [9.17, 15) is 0 Å². The van der Waals surface area contributed by atoms with E-state index in [1.807, 2.05) is 24.3 Å². The van der Waals surface area contributed by atoms with E-state index in [2.05, 4.69) is 0 Å². The predicted octanol–water partition coefficient (Wildman–Crippen LogP) is 0.928. The number of rotatable bonds is 3. The van der Waals surface area contributed by atoms with Crippen molar-refractivity contribution in [2.24, 2.45) is 5.73 Å². The van der Waals surface area contributed by atoms with Crippen molar-refractivity contribution in [2.75, 3.05) is 19.8 Å². The van der Waals surface area contributed by atoms with E-state index in [1.54, 1.807) is 0 Å². The van der Waals surface area contributed by atoms with Crippen molar-refractivity contribution in [1.29, 1.82) is 0 Å². The molecule has 1 saturated heterocycles. The largest absolute Gasteiger partial charge is 0.395 e. The van der Waals surface area contributed by atoms with Crippen molar-refractivity contribution in [2.45, 2.75) is 11.5 Å². The molecule has 0 aromatic heterocycles. The molecule has 0 radical (unpaired) electrons. The van der Waals surface area contributed by atoms with Crippen molar-refractivity contribution in [3.8, 4) is 0 Å². The predicted molar refractivity (Wildman–Crippen MR) is 59.0 cm³/mol. The molecular weight excluding hydrogens is 214 g/mol. The molecule has 3 N–H and O–H groups in total. The Bertz CT molecular complexity index is 335. The van der Waals surface area contributed by atoms with Gasteiger partial charge < -0.3 is 15.6 Å². The fourth-order valence-electron chi connectivity index (χ4n) is 1.87. The van der Waals surface area contributed by atoms with Gasteiger partial charge in [-0.2, -0.15) is 0 Å². The van der Waals surface area contributed by atoms with Gasteiger partial charge in [0.1, 0.15) is 0 Å². The Morgan fingerprint density at radius 1 is 1.40 bits per heavy atom. The van der Waals surface area contributed by atoms with Gasteiger partial charge in [-0.15, -0.1) is 0 Å². The third-order valence-corrected chi connectivity index (χ3v) is 3.30. The molecule has 1 heterocycles. The lowest BCUT2D eigenvalue weighted by atomic mass is 9.73. The molecule has 1 unspecified atom stereocenters. The van der Waals surface area contributed by atoms with Crippen LogP contribution in [-0.4, -0.2) is 31.0 Å². The van der Waals surface area contributed by atoms with Crippen LogP contribution in [0.1, 0.15) is 5.56 Å². The Morgan fingerprint density at radius 2 is 2.00 bits per heavy atom. The molecule has 2 rings (SSSR count). The van der Waals surface area contributed by atoms with Crippen molar-refractivity contribution >= 4 is 11.6 Å². The van der Waals surface area contributed by atoms with E-state index in [1.165, 1.54) is 0 Å². The molecule has 1 aromatic rings. The molecule has 1 fully saturated rings. The summed E-state index contributed by atoms with van der Waals surface area (Å²) in [6, 6.07) is 7.27. The molecule has 3 nitrogen and oxygen atoms in total. The number of hydrogen-bond donors (Lipinski definition) is 2. The first-order chi connectivity index (χ1) is 7.19. The highest BCUT2D eigenvalue weighted by Crippen LogP contribution is 2.35. The van der Waals surface area contributed by atoms with Crippen molar-refractivity contribution in [3.63, 3.8) is 0 Å². The van der Waals surface area contributed by atoms with Crippen LogP contribution in [0.25, 0.3) is 0 Å². The van der Waals surface area contributed by atoms with Crippen LogP contribution in [0.15, 0.2) is 24.3 Å². The number of aliphatic hydroxyl groups excluding tert-OH is 1. The summed E-state index contributed by atoms with van der Waals surface area (Å²) in [5.41, 5.74) is 6.77. The summed E-state index contributed by atoms with van der Waals surface area (Å²) in [5.74, 6) is 0. The highest BCUT2D eigenvalue weighted by atomic mass is 35.5. The topological polar surface area (TPSA) is 55.5 Å². The molecule has 15 heavy (non-hydrogen) atoms. The van der Waals surface area contributed by atoms with Gasteiger partial charge in [-0.25, -0.2) is 0 Å². The van der Waals surface area contributed by atoms with E-state index in [0.29, 0.717) is 18.2 Å². The Kier molecular flexibility index (Phi) is 2.98. The van der Waals surface area contributed by atoms with Crippen LogP contribution in [0.5, 0.6) is 0 Å². The minimum absolute atomic E-state index is 0.0357. The fraction of sp³-hybridized carbons (Fsp3) is 0.455. The van der Waals surface area contributed by atoms with Gasteiger partial charge >= 0.3 is 0 Å². The van der Waals surface area contributed by atoms with Crippen LogP contribution >= 0.6 is 11.6 Å².